The smallest absolute Gasteiger partial charge is 0.229 e. The number of aromatic nitrogens is 6. The molecule has 13 heteroatoms. The van der Waals surface area contributed by atoms with Gasteiger partial charge < -0.3 is 20.5 Å². The predicted molar refractivity (Wildman–Crippen MR) is 149 cm³/mol. The van der Waals surface area contributed by atoms with Crippen molar-refractivity contribution in [1.29, 1.82) is 0 Å². The Balaban J connectivity index is 1.17. The first-order valence-electron chi connectivity index (χ1n) is 12.0. The van der Waals surface area contributed by atoms with E-state index in [1.54, 1.807) is 41.8 Å². The summed E-state index contributed by atoms with van der Waals surface area (Å²) in [5, 5.41) is 20.1. The fourth-order valence-electron chi connectivity index (χ4n) is 4.07. The van der Waals surface area contributed by atoms with Gasteiger partial charge in [0.2, 0.25) is 17.0 Å². The lowest BCUT2D eigenvalue weighted by molar-refractivity contribution is 0.601. The normalized spacial score (nSPS) is 13.5. The van der Waals surface area contributed by atoms with Gasteiger partial charge in [-0.05, 0) is 54.8 Å². The number of hydrogen-bond donors (Lipinski definition) is 3. The van der Waals surface area contributed by atoms with Crippen LogP contribution < -0.4 is 16.0 Å². The lowest BCUT2D eigenvalue weighted by Crippen LogP contribution is -2.03. The molecular weight excluding hydrogens is 522 g/mol. The van der Waals surface area contributed by atoms with Crippen LogP contribution >= 0.6 is 11.3 Å². The summed E-state index contributed by atoms with van der Waals surface area (Å²) >= 11 is 1.58. The molecule has 0 aliphatic heterocycles. The van der Waals surface area contributed by atoms with E-state index in [1.165, 1.54) is 19.1 Å². The van der Waals surface area contributed by atoms with Gasteiger partial charge in [0.05, 0.1) is 16.8 Å². The Morgan fingerprint density at radius 2 is 1.84 bits per heavy atom. The van der Waals surface area contributed by atoms with Gasteiger partial charge in [0.25, 0.3) is 0 Å². The maximum absolute atomic E-state index is 11.6. The molecule has 1 fully saturated rings. The molecule has 0 unspecified atom stereocenters. The first-order valence-corrected chi connectivity index (χ1v) is 14.9. The van der Waals surface area contributed by atoms with Gasteiger partial charge in [0.15, 0.2) is 9.84 Å². The van der Waals surface area contributed by atoms with Gasteiger partial charge in [0, 0.05) is 36.8 Å². The SMILES string of the molecule is Cn1c(Nc2nnc(C3CC3)s2)nc2cc(Nc3ccnc(Nc4cccc(CS(C)(=O)=O)c4)n3)ccc21. The van der Waals surface area contributed by atoms with Crippen molar-refractivity contribution < 1.29 is 8.42 Å². The molecule has 3 aromatic heterocycles. The number of aryl methyl sites for hydroxylation is 1. The van der Waals surface area contributed by atoms with E-state index >= 15 is 0 Å². The van der Waals surface area contributed by atoms with Crippen molar-refractivity contribution in [3.05, 3.63) is 65.3 Å². The molecule has 0 bridgehead atoms. The summed E-state index contributed by atoms with van der Waals surface area (Å²) in [4.78, 5) is 13.6. The van der Waals surface area contributed by atoms with Crippen LogP contribution in [0.1, 0.15) is 29.3 Å². The third kappa shape index (κ3) is 5.58. The van der Waals surface area contributed by atoms with Crippen LogP contribution in [0, 0.1) is 0 Å². The molecule has 3 heterocycles. The lowest BCUT2D eigenvalue weighted by atomic mass is 10.2. The lowest BCUT2D eigenvalue weighted by Gasteiger charge is -2.09. The van der Waals surface area contributed by atoms with E-state index in [4.69, 9.17) is 4.98 Å². The van der Waals surface area contributed by atoms with Crippen molar-refractivity contribution in [1.82, 2.24) is 29.7 Å². The number of benzene rings is 2. The summed E-state index contributed by atoms with van der Waals surface area (Å²) in [6, 6.07) is 14.9. The highest BCUT2D eigenvalue weighted by Gasteiger charge is 2.27. The molecule has 1 aliphatic rings. The highest BCUT2D eigenvalue weighted by Crippen LogP contribution is 2.42. The molecule has 2 aromatic carbocycles. The van der Waals surface area contributed by atoms with Crippen molar-refractivity contribution in [2.24, 2.45) is 7.05 Å². The van der Waals surface area contributed by atoms with E-state index in [0.717, 1.165) is 26.9 Å². The van der Waals surface area contributed by atoms with Crippen LogP contribution in [0.4, 0.5) is 34.2 Å². The van der Waals surface area contributed by atoms with Crippen molar-refractivity contribution in [3.8, 4) is 0 Å². The Kier molecular flexibility index (Phi) is 6.16. The van der Waals surface area contributed by atoms with Crippen molar-refractivity contribution in [2.45, 2.75) is 24.5 Å². The summed E-state index contributed by atoms with van der Waals surface area (Å²) in [5.41, 5.74) is 4.02. The van der Waals surface area contributed by atoms with Gasteiger partial charge in [-0.3, -0.25) is 0 Å². The van der Waals surface area contributed by atoms with Crippen LogP contribution in [0.25, 0.3) is 11.0 Å². The number of fused-ring (bicyclic) bond motifs is 1. The minimum absolute atomic E-state index is 0.0273. The molecule has 11 nitrogen and oxygen atoms in total. The molecule has 0 saturated heterocycles. The second-order valence-corrected chi connectivity index (χ2v) is 12.5. The number of nitrogens with zero attached hydrogens (tertiary/aromatic N) is 6. The predicted octanol–water partition coefficient (Wildman–Crippen LogP) is 4.87. The average Bonchev–Trinajstić information content (AvgIpc) is 3.53. The molecular formula is C25H25N9O2S2. The zero-order valence-electron chi connectivity index (χ0n) is 20.7. The molecule has 0 atom stereocenters. The fourth-order valence-corrected chi connectivity index (χ4v) is 5.76. The van der Waals surface area contributed by atoms with Crippen LogP contribution in [0.5, 0.6) is 0 Å². The largest absolute Gasteiger partial charge is 0.340 e. The fraction of sp³-hybridized carbons (Fsp3) is 0.240. The average molecular weight is 548 g/mol. The molecule has 38 heavy (non-hydrogen) atoms. The highest BCUT2D eigenvalue weighted by molar-refractivity contribution is 7.89. The summed E-state index contributed by atoms with van der Waals surface area (Å²) in [6.07, 6.45) is 5.25. The van der Waals surface area contributed by atoms with Gasteiger partial charge >= 0.3 is 0 Å². The number of rotatable bonds is 9. The molecule has 194 valence electrons. The van der Waals surface area contributed by atoms with E-state index in [9.17, 15) is 8.42 Å². The first kappa shape index (κ1) is 24.2. The molecule has 6 rings (SSSR count). The van der Waals surface area contributed by atoms with Crippen LogP contribution in [0.3, 0.4) is 0 Å². The summed E-state index contributed by atoms with van der Waals surface area (Å²) in [5.74, 6) is 2.23. The zero-order valence-corrected chi connectivity index (χ0v) is 22.3. The molecule has 1 aliphatic carbocycles. The van der Waals surface area contributed by atoms with Gasteiger partial charge in [-0.15, -0.1) is 10.2 Å². The second-order valence-electron chi connectivity index (χ2n) is 9.33. The van der Waals surface area contributed by atoms with Crippen molar-refractivity contribution in [2.75, 3.05) is 22.2 Å². The minimum atomic E-state index is -3.13. The van der Waals surface area contributed by atoms with E-state index in [2.05, 4.69) is 36.1 Å². The van der Waals surface area contributed by atoms with Gasteiger partial charge in [-0.25, -0.2) is 18.4 Å². The Labute approximate surface area is 223 Å². The maximum atomic E-state index is 11.6. The van der Waals surface area contributed by atoms with Gasteiger partial charge in [0.1, 0.15) is 10.8 Å². The summed E-state index contributed by atoms with van der Waals surface area (Å²) in [7, 11) is -1.17. The van der Waals surface area contributed by atoms with Gasteiger partial charge in [-0.2, -0.15) is 4.98 Å². The van der Waals surface area contributed by atoms with E-state index < -0.39 is 9.84 Å². The molecule has 0 radical (unpaired) electrons. The van der Waals surface area contributed by atoms with Crippen LogP contribution in [-0.2, 0) is 22.6 Å². The van der Waals surface area contributed by atoms with E-state index in [-0.39, 0.29) is 5.75 Å². The number of nitrogens with one attached hydrogen (secondary N) is 3. The number of sulfone groups is 1. The highest BCUT2D eigenvalue weighted by atomic mass is 32.2. The third-order valence-electron chi connectivity index (χ3n) is 6.01. The standard InChI is InChI=1S/C25H25N9O2S2/c1-34-20-9-8-18(13-19(20)29-24(34)31-25-33-32-22(37-25)16-6-7-16)27-21-10-11-26-23(30-21)28-17-5-3-4-15(12-17)14-38(2,35)36/h3-5,8-13,16H,6-7,14H2,1-2H3,(H,29,31,33)(H2,26,27,28,30). The van der Waals surface area contributed by atoms with Crippen molar-refractivity contribution >= 4 is 66.4 Å². The molecule has 0 amide bonds. The van der Waals surface area contributed by atoms with Crippen molar-refractivity contribution in [3.63, 3.8) is 0 Å². The third-order valence-corrected chi connectivity index (χ3v) is 7.87. The first-order chi connectivity index (χ1) is 18.3. The minimum Gasteiger partial charge on any atom is -0.340 e. The quantitative estimate of drug-likeness (QED) is 0.234. The molecule has 0 spiro atoms. The zero-order chi connectivity index (χ0) is 26.3. The Morgan fingerprint density at radius 1 is 1.00 bits per heavy atom. The van der Waals surface area contributed by atoms with E-state index in [0.29, 0.717) is 34.9 Å². The Bertz CT molecular complexity index is 1740. The topological polar surface area (TPSA) is 140 Å². The maximum Gasteiger partial charge on any atom is 0.229 e. The van der Waals surface area contributed by atoms with Gasteiger partial charge in [-0.1, -0.05) is 23.5 Å². The molecule has 1 saturated carbocycles. The Morgan fingerprint density at radius 3 is 2.66 bits per heavy atom. The number of imidazole rings is 1. The molecule has 3 N–H and O–H groups in total. The number of anilines is 6. The molecule has 5 aromatic rings. The number of hydrogen-bond acceptors (Lipinski definition) is 11. The Hall–Kier alpha value is -4.10. The monoisotopic (exact) mass is 547 g/mol. The van der Waals surface area contributed by atoms with E-state index in [1.807, 2.05) is 35.9 Å². The van der Waals surface area contributed by atoms with Crippen LogP contribution in [0.15, 0.2) is 54.7 Å². The van der Waals surface area contributed by atoms with Crippen LogP contribution in [0.2, 0.25) is 0 Å². The van der Waals surface area contributed by atoms with Crippen LogP contribution in [-0.4, -0.2) is 44.4 Å². The summed E-state index contributed by atoms with van der Waals surface area (Å²) in [6.45, 7) is 0. The summed E-state index contributed by atoms with van der Waals surface area (Å²) < 4.78 is 25.2. The second kappa shape index (κ2) is 9.65.